The summed E-state index contributed by atoms with van der Waals surface area (Å²) in [4.78, 5) is 73.3. The summed E-state index contributed by atoms with van der Waals surface area (Å²) in [6, 6.07) is 4.50. The van der Waals surface area contributed by atoms with Crippen molar-refractivity contribution in [3.63, 3.8) is 0 Å². The number of nitrogens with zero attached hydrogens (tertiary/aromatic N) is 9. The molecule has 0 unspecified atom stereocenters. The molecule has 0 N–H and O–H groups in total. The molecule has 4 heterocycles. The van der Waals surface area contributed by atoms with E-state index in [2.05, 4.69) is 19.9 Å². The number of anilines is 4. The topological polar surface area (TPSA) is 212 Å². The first-order chi connectivity index (χ1) is 26.2. The molecule has 0 spiro atoms. The highest BCUT2D eigenvalue weighted by Crippen LogP contribution is 2.26. The van der Waals surface area contributed by atoms with Crippen molar-refractivity contribution in [2.45, 2.75) is 105 Å². The van der Waals surface area contributed by atoms with Crippen LogP contribution in [0, 0.1) is 11.3 Å². The van der Waals surface area contributed by atoms with Crippen molar-refractivity contribution in [3.05, 3.63) is 23.0 Å². The molecular weight excluding hydrogens is 766 g/mol. The summed E-state index contributed by atoms with van der Waals surface area (Å²) in [5, 5.41) is 9.47. The van der Waals surface area contributed by atoms with E-state index in [0.29, 0.717) is 63.5 Å². The van der Waals surface area contributed by atoms with Crippen LogP contribution in [0.15, 0.2) is 12.1 Å². The molecule has 4 amide bonds. The van der Waals surface area contributed by atoms with Crippen LogP contribution in [0.2, 0.25) is 5.15 Å². The molecule has 0 aromatic carbocycles. The van der Waals surface area contributed by atoms with Gasteiger partial charge in [0.25, 0.3) is 0 Å². The number of hydrogen-bond donors (Lipinski definition) is 0. The molecule has 57 heavy (non-hydrogen) atoms. The van der Waals surface area contributed by atoms with Crippen molar-refractivity contribution >= 4 is 59.5 Å². The van der Waals surface area contributed by atoms with Gasteiger partial charge in [0.2, 0.25) is 11.9 Å². The minimum absolute atomic E-state index is 0.00797. The van der Waals surface area contributed by atoms with Gasteiger partial charge in [-0.15, -0.1) is 0 Å². The van der Waals surface area contributed by atoms with Crippen LogP contribution in [0.1, 0.15) is 88.8 Å². The Kier molecular flexibility index (Phi) is 15.4. The van der Waals surface area contributed by atoms with Gasteiger partial charge in [0.1, 0.15) is 39.3 Å². The van der Waals surface area contributed by atoms with E-state index < -0.39 is 46.8 Å². The first kappa shape index (κ1) is 46.3. The predicted octanol–water partition coefficient (Wildman–Crippen LogP) is 6.50. The van der Waals surface area contributed by atoms with Gasteiger partial charge < -0.3 is 38.2 Å². The second-order valence-electron chi connectivity index (χ2n) is 16.7. The monoisotopic (exact) mass is 819 g/mol. The third-order valence-electron chi connectivity index (χ3n) is 6.84. The van der Waals surface area contributed by atoms with E-state index in [-0.39, 0.29) is 28.4 Å². The normalized spacial score (nSPS) is 14.9. The van der Waals surface area contributed by atoms with E-state index >= 15 is 0 Å². The molecule has 2 aromatic rings. The van der Waals surface area contributed by atoms with Gasteiger partial charge in [-0.05, 0) is 83.1 Å². The molecule has 2 fully saturated rings. The summed E-state index contributed by atoms with van der Waals surface area (Å²) in [7, 11) is 0. The van der Waals surface area contributed by atoms with Crippen molar-refractivity contribution in [2.24, 2.45) is 0 Å². The molecule has 4 rings (SSSR count). The Balaban J connectivity index is 0.000000306. The lowest BCUT2D eigenvalue weighted by atomic mass is 10.2. The Morgan fingerprint density at radius 2 is 0.912 bits per heavy atom. The quantitative estimate of drug-likeness (QED) is 0.238. The Labute approximate surface area is 338 Å². The largest absolute Gasteiger partial charge is 0.443 e. The summed E-state index contributed by atoms with van der Waals surface area (Å²) in [5.41, 5.74) is -3.33. The summed E-state index contributed by atoms with van der Waals surface area (Å²) in [5.74, 6) is 0.397. The third-order valence-corrected chi connectivity index (χ3v) is 7.03. The number of nitriles is 1. The Bertz CT molecular complexity index is 1730. The van der Waals surface area contributed by atoms with Crippen LogP contribution < -0.4 is 19.6 Å². The van der Waals surface area contributed by atoms with Crippen LogP contribution in [-0.4, -0.2) is 119 Å². The average molecular weight is 820 g/mol. The number of aromatic nitrogens is 4. The summed E-state index contributed by atoms with van der Waals surface area (Å²) in [6.07, 6.45) is -3.74. The van der Waals surface area contributed by atoms with Gasteiger partial charge in [0.15, 0.2) is 11.6 Å². The second kappa shape index (κ2) is 18.9. The second-order valence-corrected chi connectivity index (χ2v) is 17.1. The number of carbonyl (C=O) groups excluding carboxylic acids is 4. The molecule has 0 radical (unpaired) electrons. The lowest BCUT2D eigenvalue weighted by molar-refractivity contribution is 0.0406. The SMILES string of the molecule is CC(C)(C)OC(=O)N(C(=O)OC(C)(C)C)c1cc(C#N)nc(N2CCOCC2)n1.CC(C)(C)OC(=O)N(C(=O)OC(C)(C)C)c1cc(Cl)nc(N2CCOCC2)n1. The number of amides is 4. The Morgan fingerprint density at radius 1 is 0.596 bits per heavy atom. The number of morpholine rings is 2. The van der Waals surface area contributed by atoms with Gasteiger partial charge in [-0.3, -0.25) is 0 Å². The van der Waals surface area contributed by atoms with Crippen LogP contribution in [-0.2, 0) is 28.4 Å². The lowest BCUT2D eigenvalue weighted by Gasteiger charge is -2.30. The van der Waals surface area contributed by atoms with Gasteiger partial charge in [-0.2, -0.15) is 25.0 Å². The predicted molar refractivity (Wildman–Crippen MR) is 210 cm³/mol. The summed E-state index contributed by atoms with van der Waals surface area (Å²) in [6.45, 7) is 24.5. The van der Waals surface area contributed by atoms with E-state index in [9.17, 15) is 24.4 Å². The number of rotatable bonds is 4. The van der Waals surface area contributed by atoms with Crippen LogP contribution in [0.3, 0.4) is 0 Å². The summed E-state index contributed by atoms with van der Waals surface area (Å²) >= 11 is 6.15. The first-order valence-corrected chi connectivity index (χ1v) is 18.6. The number of hydrogen-bond acceptors (Lipinski definition) is 17. The van der Waals surface area contributed by atoms with Crippen molar-refractivity contribution in [3.8, 4) is 6.07 Å². The maximum atomic E-state index is 12.8. The van der Waals surface area contributed by atoms with Gasteiger partial charge in [-0.25, -0.2) is 29.1 Å². The van der Waals surface area contributed by atoms with Crippen LogP contribution in [0.4, 0.5) is 42.7 Å². The third kappa shape index (κ3) is 15.4. The standard InChI is InChI=1S/C19H27N5O5.C18H27ClN4O5/c1-18(2,3)28-16(25)24(17(26)29-19(4,5)6)14-11-13(12-20)21-15(22-14)23-7-9-27-10-8-23;1-17(2,3)27-15(24)23(16(25)28-18(4,5)6)13-11-12(19)20-14(21-13)22-7-9-26-10-8-22/h11H,7-10H2,1-6H3;11H,7-10H2,1-6H3. The molecule has 2 aromatic heterocycles. The molecule has 2 saturated heterocycles. The van der Waals surface area contributed by atoms with Gasteiger partial charge >= 0.3 is 24.4 Å². The molecule has 314 valence electrons. The van der Waals surface area contributed by atoms with E-state index in [1.807, 2.05) is 15.9 Å². The fourth-order valence-electron chi connectivity index (χ4n) is 4.67. The molecule has 0 atom stereocenters. The fourth-order valence-corrected chi connectivity index (χ4v) is 4.84. The van der Waals surface area contributed by atoms with Crippen molar-refractivity contribution < 1.29 is 47.6 Å². The zero-order chi connectivity index (χ0) is 42.9. The maximum absolute atomic E-state index is 12.8. The zero-order valence-corrected chi connectivity index (χ0v) is 35.6. The molecular formula is C37H54ClN9O10. The number of ether oxygens (including phenoxy) is 6. The smallest absolute Gasteiger partial charge is 0.425 e. The average Bonchev–Trinajstić information content (AvgIpc) is 3.06. The molecule has 2 aliphatic heterocycles. The highest BCUT2D eigenvalue weighted by molar-refractivity contribution is 6.30. The van der Waals surface area contributed by atoms with Crippen molar-refractivity contribution in [1.29, 1.82) is 5.26 Å². The molecule has 20 heteroatoms. The highest BCUT2D eigenvalue weighted by Gasteiger charge is 2.36. The summed E-state index contributed by atoms with van der Waals surface area (Å²) < 4.78 is 32.1. The van der Waals surface area contributed by atoms with E-state index in [0.717, 1.165) is 4.90 Å². The lowest BCUT2D eigenvalue weighted by Crippen LogP contribution is -2.44. The molecule has 2 aliphatic rings. The fraction of sp³-hybridized carbons (Fsp3) is 0.649. The number of imide groups is 2. The Hall–Kier alpha value is -5.06. The minimum atomic E-state index is -0.956. The van der Waals surface area contributed by atoms with E-state index in [4.69, 9.17) is 40.0 Å². The minimum Gasteiger partial charge on any atom is -0.443 e. The van der Waals surface area contributed by atoms with Gasteiger partial charge in [-0.1, -0.05) is 11.6 Å². The van der Waals surface area contributed by atoms with Crippen molar-refractivity contribution in [2.75, 3.05) is 72.2 Å². The number of halogens is 1. The van der Waals surface area contributed by atoms with E-state index in [1.54, 1.807) is 83.1 Å². The van der Waals surface area contributed by atoms with Crippen LogP contribution in [0.25, 0.3) is 0 Å². The molecule has 0 bridgehead atoms. The van der Waals surface area contributed by atoms with Crippen LogP contribution >= 0.6 is 11.6 Å². The number of carbonyl (C=O) groups is 4. The maximum Gasteiger partial charge on any atom is 0.425 e. The van der Waals surface area contributed by atoms with Gasteiger partial charge in [0, 0.05) is 38.3 Å². The molecule has 19 nitrogen and oxygen atoms in total. The molecule has 0 aliphatic carbocycles. The highest BCUT2D eigenvalue weighted by atomic mass is 35.5. The van der Waals surface area contributed by atoms with Crippen molar-refractivity contribution in [1.82, 2.24) is 19.9 Å². The van der Waals surface area contributed by atoms with E-state index in [1.165, 1.54) is 12.1 Å². The zero-order valence-electron chi connectivity index (χ0n) is 34.8. The Morgan fingerprint density at radius 3 is 1.23 bits per heavy atom. The van der Waals surface area contributed by atoms with Gasteiger partial charge in [0.05, 0.1) is 26.4 Å². The first-order valence-electron chi connectivity index (χ1n) is 18.3. The molecule has 0 saturated carbocycles. The van der Waals surface area contributed by atoms with Crippen LogP contribution in [0.5, 0.6) is 0 Å².